The van der Waals surface area contributed by atoms with Crippen molar-refractivity contribution >= 4 is 36.8 Å². The van der Waals surface area contributed by atoms with Crippen LogP contribution in [0.25, 0.3) is 0 Å². The lowest BCUT2D eigenvalue weighted by Crippen LogP contribution is -2.64. The smallest absolute Gasteiger partial charge is 0.534 e. The number of carboxylic acid groups (broad SMARTS) is 1. The summed E-state index contributed by atoms with van der Waals surface area (Å²) in [4.78, 5) is 65.9. The van der Waals surface area contributed by atoms with Crippen molar-refractivity contribution in [2.24, 2.45) is 5.73 Å². The fraction of sp³-hybridized carbons (Fsp3) is 0.346. The van der Waals surface area contributed by atoms with Crippen LogP contribution in [-0.4, -0.2) is 93.5 Å². The third-order valence-electron chi connectivity index (χ3n) is 7.09. The molecule has 7 N–H and O–H groups in total. The van der Waals surface area contributed by atoms with Gasteiger partial charge in [0.25, 0.3) is 0 Å². The van der Waals surface area contributed by atoms with E-state index in [9.17, 15) is 43.6 Å². The Balaban J connectivity index is 1.62. The van der Waals surface area contributed by atoms with Crippen molar-refractivity contribution in [1.29, 1.82) is 0 Å². The number of carbonyl (C=O) groups excluding carboxylic acids is 4. The molecule has 1 unspecified atom stereocenters. The van der Waals surface area contributed by atoms with E-state index in [1.165, 1.54) is 17.0 Å². The average molecular weight is 585 g/mol. The molecular formula is C26H29BFN5O9. The number of piperazine rings is 1. The molecule has 0 spiro atoms. The van der Waals surface area contributed by atoms with Crippen molar-refractivity contribution in [2.75, 3.05) is 19.6 Å². The van der Waals surface area contributed by atoms with E-state index in [0.29, 0.717) is 10.5 Å². The quantitative estimate of drug-likeness (QED) is 0.173. The number of nitrogens with two attached hydrogens (primary N) is 1. The van der Waals surface area contributed by atoms with E-state index >= 15 is 0 Å². The third kappa shape index (κ3) is 5.99. The number of fused-ring (bicyclic) bond motifs is 1. The topological polar surface area (TPSA) is 212 Å². The molecule has 2 aliphatic heterocycles. The van der Waals surface area contributed by atoms with Gasteiger partial charge in [-0.2, -0.15) is 0 Å². The molecule has 0 bridgehead atoms. The van der Waals surface area contributed by atoms with Crippen LogP contribution in [0.3, 0.4) is 0 Å². The number of rotatable bonds is 8. The van der Waals surface area contributed by atoms with Crippen LogP contribution in [0.1, 0.15) is 40.9 Å². The molecule has 2 heterocycles. The molecule has 14 nitrogen and oxygen atoms in total. The van der Waals surface area contributed by atoms with Crippen LogP contribution in [-0.2, 0) is 20.8 Å². The number of hydrogen-bond donors (Lipinski definition) is 6. The summed E-state index contributed by atoms with van der Waals surface area (Å²) in [5.41, 5.74) is 5.45. The van der Waals surface area contributed by atoms with Crippen molar-refractivity contribution in [2.45, 2.75) is 37.8 Å². The lowest BCUT2D eigenvalue weighted by atomic mass is 9.72. The number of urea groups is 1. The van der Waals surface area contributed by atoms with Crippen LogP contribution in [0.2, 0.25) is 0 Å². The van der Waals surface area contributed by atoms with E-state index < -0.39 is 66.4 Å². The number of nitrogens with zero attached hydrogens (tertiary/aromatic N) is 2. The molecule has 0 aliphatic carbocycles. The first-order valence-electron chi connectivity index (χ1n) is 13.1. The van der Waals surface area contributed by atoms with Crippen LogP contribution in [0.15, 0.2) is 36.4 Å². The van der Waals surface area contributed by atoms with Gasteiger partial charge in [0.2, 0.25) is 5.91 Å². The zero-order valence-electron chi connectivity index (χ0n) is 22.4. The zero-order valence-corrected chi connectivity index (χ0v) is 22.4. The Morgan fingerprint density at radius 3 is 2.60 bits per heavy atom. The fourth-order valence-electron chi connectivity index (χ4n) is 4.98. The SMILES string of the molecule is CCN1C[C@H](CCN)N(C(=O)NC(C(=O)N[C@H]2Cc3cccc(C(=O)O)c3OB2O)c2ccc(O)cc2F)C(=O)C1=O. The van der Waals surface area contributed by atoms with Gasteiger partial charge in [-0.1, -0.05) is 12.1 Å². The van der Waals surface area contributed by atoms with Gasteiger partial charge >= 0.3 is 30.9 Å². The molecule has 2 aromatic rings. The number of phenols is 1. The largest absolute Gasteiger partial charge is 0.547 e. The maximum atomic E-state index is 15.0. The predicted octanol–water partition coefficient (Wildman–Crippen LogP) is -0.472. The van der Waals surface area contributed by atoms with Gasteiger partial charge in [-0.3, -0.25) is 19.3 Å². The highest BCUT2D eigenvalue weighted by molar-refractivity contribution is 6.47. The van der Waals surface area contributed by atoms with Crippen molar-refractivity contribution in [3.63, 3.8) is 0 Å². The molecule has 0 saturated carbocycles. The Morgan fingerprint density at radius 1 is 1.21 bits per heavy atom. The monoisotopic (exact) mass is 585 g/mol. The first-order valence-corrected chi connectivity index (χ1v) is 13.1. The summed E-state index contributed by atoms with van der Waals surface area (Å²) in [7, 11) is -1.71. The number of aromatic hydroxyl groups is 1. The Bertz CT molecular complexity index is 1430. The van der Waals surface area contributed by atoms with Gasteiger partial charge in [0.15, 0.2) is 0 Å². The summed E-state index contributed by atoms with van der Waals surface area (Å²) in [6.45, 7) is 1.97. The molecule has 4 rings (SSSR count). The van der Waals surface area contributed by atoms with Gasteiger partial charge in [0, 0.05) is 24.7 Å². The van der Waals surface area contributed by atoms with Crippen molar-refractivity contribution in [1.82, 2.24) is 20.4 Å². The molecular weight excluding hydrogens is 556 g/mol. The second-order valence-corrected chi connectivity index (χ2v) is 9.77. The summed E-state index contributed by atoms with van der Waals surface area (Å²) < 4.78 is 20.4. The summed E-state index contributed by atoms with van der Waals surface area (Å²) in [5, 5.41) is 34.4. The number of carboxylic acids is 1. The van der Waals surface area contributed by atoms with E-state index in [-0.39, 0.29) is 49.4 Å². The Kier molecular flexibility index (Phi) is 8.97. The molecule has 2 aromatic carbocycles. The van der Waals surface area contributed by atoms with Gasteiger partial charge in [0.1, 0.15) is 23.4 Å². The number of halogens is 1. The van der Waals surface area contributed by atoms with Crippen LogP contribution in [0.4, 0.5) is 9.18 Å². The van der Waals surface area contributed by atoms with Gasteiger partial charge < -0.3 is 41.2 Å². The highest BCUT2D eigenvalue weighted by atomic mass is 19.1. The summed E-state index contributed by atoms with van der Waals surface area (Å²) in [5.74, 6) is -7.14. The number of carbonyl (C=O) groups is 5. The van der Waals surface area contributed by atoms with Gasteiger partial charge in [0.05, 0.1) is 17.5 Å². The zero-order chi connectivity index (χ0) is 30.7. The number of amides is 5. The van der Waals surface area contributed by atoms with E-state index in [4.69, 9.17) is 10.4 Å². The maximum absolute atomic E-state index is 15.0. The molecule has 42 heavy (non-hydrogen) atoms. The summed E-state index contributed by atoms with van der Waals surface area (Å²) >= 11 is 0. The number of benzene rings is 2. The number of likely N-dealkylation sites (N-methyl/N-ethyl adjacent to an activating group) is 1. The standard InChI is InChI=1S/C26H29BFN5O9/c1-2-32-12-14(8-9-29)33(24(37)23(32)36)26(40)31-20(16-7-6-15(34)11-18(16)28)22(35)30-19-10-13-4-3-5-17(25(38)39)21(13)42-27(19)41/h3-7,11,14,19-20,34,41H,2,8-10,12,29H2,1H3,(H,30,35)(H,31,40)(H,38,39)/t14-,19-,20?/m0/s1. The number of imide groups is 1. The first-order chi connectivity index (χ1) is 20.0. The Hall–Kier alpha value is -4.70. The van der Waals surface area contributed by atoms with Crippen LogP contribution < -0.4 is 21.0 Å². The number of nitrogens with one attached hydrogen (secondary N) is 2. The summed E-state index contributed by atoms with van der Waals surface area (Å²) in [6.07, 6.45) is 0.0728. The van der Waals surface area contributed by atoms with Crippen LogP contribution in [0.5, 0.6) is 11.5 Å². The maximum Gasteiger partial charge on any atom is 0.547 e. The molecule has 3 atom stereocenters. The number of hydrogen-bond acceptors (Lipinski definition) is 9. The van der Waals surface area contributed by atoms with Gasteiger partial charge in [-0.25, -0.2) is 14.0 Å². The number of phenolic OH excluding ortho intramolecular Hbond substituents is 1. The molecule has 1 fully saturated rings. The molecule has 1 saturated heterocycles. The second-order valence-electron chi connectivity index (χ2n) is 9.77. The number of aromatic carboxylic acids is 1. The predicted molar refractivity (Wildman–Crippen MR) is 144 cm³/mol. The first kappa shape index (κ1) is 30.3. The molecule has 0 radical (unpaired) electrons. The van der Waals surface area contributed by atoms with Gasteiger partial charge in [-0.15, -0.1) is 0 Å². The second kappa shape index (κ2) is 12.4. The van der Waals surface area contributed by atoms with Crippen molar-refractivity contribution in [3.8, 4) is 11.5 Å². The highest BCUT2D eigenvalue weighted by Crippen LogP contribution is 2.31. The van der Waals surface area contributed by atoms with E-state index in [2.05, 4.69) is 10.6 Å². The lowest BCUT2D eigenvalue weighted by Gasteiger charge is -2.39. The summed E-state index contributed by atoms with van der Waals surface area (Å²) in [6, 6.07) is 3.37. The minimum atomic E-state index is -1.80. The Labute approximate surface area is 239 Å². The third-order valence-corrected chi connectivity index (χ3v) is 7.09. The average Bonchev–Trinajstić information content (AvgIpc) is 2.94. The molecule has 5 amide bonds. The molecule has 2 aliphatic rings. The molecule has 0 aromatic heterocycles. The molecule has 16 heteroatoms. The number of para-hydroxylation sites is 1. The Morgan fingerprint density at radius 2 is 1.95 bits per heavy atom. The normalized spacial score (nSPS) is 19.1. The van der Waals surface area contributed by atoms with Crippen LogP contribution in [0, 0.1) is 5.82 Å². The van der Waals surface area contributed by atoms with Crippen molar-refractivity contribution < 1.29 is 48.3 Å². The highest BCUT2D eigenvalue weighted by Gasteiger charge is 2.44. The minimum Gasteiger partial charge on any atom is -0.534 e. The minimum absolute atomic E-state index is 0.0134. The van der Waals surface area contributed by atoms with Crippen LogP contribution >= 0.6 is 0 Å². The van der Waals surface area contributed by atoms with Gasteiger partial charge in [-0.05, 0) is 50.1 Å². The van der Waals surface area contributed by atoms with Crippen molar-refractivity contribution in [3.05, 3.63) is 58.9 Å². The fourth-order valence-corrected chi connectivity index (χ4v) is 4.98. The lowest BCUT2D eigenvalue weighted by molar-refractivity contribution is -0.156. The van der Waals surface area contributed by atoms with E-state index in [0.717, 1.165) is 18.2 Å². The van der Waals surface area contributed by atoms with E-state index in [1.807, 2.05) is 0 Å². The van der Waals surface area contributed by atoms with E-state index in [1.54, 1.807) is 13.0 Å². The molecule has 222 valence electrons.